The van der Waals surface area contributed by atoms with Gasteiger partial charge in [0.25, 0.3) is 5.56 Å². The molecule has 2 fully saturated rings. The van der Waals surface area contributed by atoms with Gasteiger partial charge in [-0.2, -0.15) is 0 Å². The predicted molar refractivity (Wildman–Crippen MR) is 154 cm³/mol. The molecular weight excluding hydrogens is 548 g/mol. The first kappa shape index (κ1) is 29.6. The van der Waals surface area contributed by atoms with Crippen LogP contribution in [0.1, 0.15) is 57.1 Å². The number of aromatic nitrogens is 2. The molecule has 0 bridgehead atoms. The number of carbonyl (C=O) groups is 1. The molecule has 2 aliphatic rings. The SMILES string of the molecule is CCOc1cc(Cn2c(=O)c3cc(OC(CF)CF)ccc3n(C3CCN(C=O)CC3)c2=O)ccc1OC1CCCC1. The van der Waals surface area contributed by atoms with Crippen molar-refractivity contribution in [2.24, 2.45) is 0 Å². The van der Waals surface area contributed by atoms with Crippen molar-refractivity contribution in [2.75, 3.05) is 33.0 Å². The van der Waals surface area contributed by atoms with E-state index in [1.807, 2.05) is 19.1 Å². The second-order valence-corrected chi connectivity index (χ2v) is 10.9. The van der Waals surface area contributed by atoms with Crippen LogP contribution in [0.5, 0.6) is 17.2 Å². The van der Waals surface area contributed by atoms with Gasteiger partial charge in [0.2, 0.25) is 6.41 Å². The van der Waals surface area contributed by atoms with Gasteiger partial charge < -0.3 is 19.1 Å². The van der Waals surface area contributed by atoms with Crippen LogP contribution in [0.15, 0.2) is 46.0 Å². The molecule has 0 radical (unpaired) electrons. The lowest BCUT2D eigenvalue weighted by Crippen LogP contribution is -2.44. The van der Waals surface area contributed by atoms with Crippen molar-refractivity contribution < 1.29 is 27.8 Å². The third-order valence-electron chi connectivity index (χ3n) is 8.04. The molecule has 1 aliphatic carbocycles. The largest absolute Gasteiger partial charge is 0.490 e. The number of carbonyl (C=O) groups excluding carboxylic acids is 1. The quantitative estimate of drug-likeness (QED) is 0.293. The Kier molecular flexibility index (Phi) is 9.44. The Bertz CT molecular complexity index is 1510. The van der Waals surface area contributed by atoms with Gasteiger partial charge in [-0.1, -0.05) is 6.07 Å². The number of amides is 1. The maximum Gasteiger partial charge on any atom is 0.332 e. The number of alkyl halides is 2. The molecule has 2 heterocycles. The van der Waals surface area contributed by atoms with Crippen LogP contribution >= 0.6 is 0 Å². The van der Waals surface area contributed by atoms with Gasteiger partial charge >= 0.3 is 5.69 Å². The van der Waals surface area contributed by atoms with Crippen LogP contribution < -0.4 is 25.5 Å². The molecule has 0 spiro atoms. The molecule has 1 aliphatic heterocycles. The van der Waals surface area contributed by atoms with Gasteiger partial charge in [-0.25, -0.2) is 13.6 Å². The summed E-state index contributed by atoms with van der Waals surface area (Å²) in [7, 11) is 0. The molecule has 11 heteroatoms. The Hall–Kier alpha value is -3.89. The Labute approximate surface area is 242 Å². The van der Waals surface area contributed by atoms with Gasteiger partial charge in [-0.05, 0) is 81.3 Å². The Morgan fingerprint density at radius 3 is 2.38 bits per heavy atom. The molecule has 9 nitrogen and oxygen atoms in total. The van der Waals surface area contributed by atoms with E-state index in [4.69, 9.17) is 14.2 Å². The number of likely N-dealkylation sites (tertiary alicyclic amines) is 1. The molecule has 5 rings (SSSR count). The number of ether oxygens (including phenoxy) is 3. The van der Waals surface area contributed by atoms with E-state index >= 15 is 0 Å². The molecule has 1 saturated carbocycles. The van der Waals surface area contributed by atoms with Crippen LogP contribution in [-0.4, -0.2) is 65.7 Å². The van der Waals surface area contributed by atoms with E-state index in [0.717, 1.165) is 32.1 Å². The monoisotopic (exact) mass is 585 g/mol. The van der Waals surface area contributed by atoms with Crippen molar-refractivity contribution in [1.82, 2.24) is 14.0 Å². The van der Waals surface area contributed by atoms with Crippen molar-refractivity contribution in [2.45, 2.75) is 70.2 Å². The van der Waals surface area contributed by atoms with E-state index in [2.05, 4.69) is 0 Å². The first-order valence-corrected chi connectivity index (χ1v) is 14.6. The minimum atomic E-state index is -1.29. The first-order valence-electron chi connectivity index (χ1n) is 14.6. The summed E-state index contributed by atoms with van der Waals surface area (Å²) < 4.78 is 46.6. The average Bonchev–Trinajstić information content (AvgIpc) is 3.53. The van der Waals surface area contributed by atoms with Gasteiger partial charge in [0, 0.05) is 19.1 Å². The molecule has 0 unspecified atom stereocenters. The van der Waals surface area contributed by atoms with E-state index in [1.54, 1.807) is 21.6 Å². The third kappa shape index (κ3) is 6.29. The number of rotatable bonds is 12. The zero-order valence-corrected chi connectivity index (χ0v) is 23.8. The number of halogens is 2. The minimum Gasteiger partial charge on any atom is -0.490 e. The molecule has 0 atom stereocenters. The van der Waals surface area contributed by atoms with Gasteiger partial charge in [-0.15, -0.1) is 0 Å². The van der Waals surface area contributed by atoms with Crippen molar-refractivity contribution in [3.8, 4) is 17.2 Å². The molecular formula is C31H37F2N3O6. The number of hydrogen-bond acceptors (Lipinski definition) is 6. The van der Waals surface area contributed by atoms with E-state index < -0.39 is 30.7 Å². The molecule has 42 heavy (non-hydrogen) atoms. The van der Waals surface area contributed by atoms with Crippen LogP contribution in [-0.2, 0) is 11.3 Å². The van der Waals surface area contributed by atoms with Crippen molar-refractivity contribution in [3.63, 3.8) is 0 Å². The van der Waals surface area contributed by atoms with Crippen molar-refractivity contribution >= 4 is 17.3 Å². The highest BCUT2D eigenvalue weighted by atomic mass is 19.1. The second kappa shape index (κ2) is 13.4. The van der Waals surface area contributed by atoms with Gasteiger partial charge in [-0.3, -0.25) is 18.7 Å². The van der Waals surface area contributed by atoms with Crippen LogP contribution in [0.2, 0.25) is 0 Å². The number of piperidine rings is 1. The van der Waals surface area contributed by atoms with Crippen LogP contribution in [0.4, 0.5) is 8.78 Å². The molecule has 1 amide bonds. The number of benzene rings is 2. The highest BCUT2D eigenvalue weighted by Crippen LogP contribution is 2.33. The van der Waals surface area contributed by atoms with Crippen molar-refractivity contribution in [3.05, 3.63) is 62.8 Å². The molecule has 3 aromatic rings. The van der Waals surface area contributed by atoms with Gasteiger partial charge in [0.15, 0.2) is 17.6 Å². The van der Waals surface area contributed by atoms with Crippen molar-refractivity contribution in [1.29, 1.82) is 0 Å². The van der Waals surface area contributed by atoms with Crippen LogP contribution in [0, 0.1) is 0 Å². The van der Waals surface area contributed by atoms with Gasteiger partial charge in [0.05, 0.1) is 30.2 Å². The minimum absolute atomic E-state index is 0.0206. The average molecular weight is 586 g/mol. The topological polar surface area (TPSA) is 92.0 Å². The van der Waals surface area contributed by atoms with E-state index in [1.165, 1.54) is 16.7 Å². The highest BCUT2D eigenvalue weighted by Gasteiger charge is 2.25. The van der Waals surface area contributed by atoms with E-state index in [9.17, 15) is 23.2 Å². The summed E-state index contributed by atoms with van der Waals surface area (Å²) in [6.07, 6.45) is 4.98. The fraction of sp³-hybridized carbons (Fsp3) is 0.516. The summed E-state index contributed by atoms with van der Waals surface area (Å²) in [6, 6.07) is 9.72. The Balaban J connectivity index is 1.56. The smallest absolute Gasteiger partial charge is 0.332 e. The zero-order chi connectivity index (χ0) is 29.6. The standard InChI is InChI=1S/C31H37F2N3O6/c1-2-40-29-15-21(7-10-28(29)42-23-5-3-4-6-23)19-35-30(38)26-16-24(41-25(17-32)18-33)8-9-27(26)36(31(35)39)22-11-13-34(20-37)14-12-22/h7-10,15-16,20,22-23,25H,2-6,11-14,17-19H2,1H3. The second-order valence-electron chi connectivity index (χ2n) is 10.9. The summed E-state index contributed by atoms with van der Waals surface area (Å²) in [5.41, 5.74) is 0.0783. The zero-order valence-electron chi connectivity index (χ0n) is 23.8. The lowest BCUT2D eigenvalue weighted by Gasteiger charge is -2.31. The normalized spacial score (nSPS) is 16.3. The molecule has 226 valence electrons. The van der Waals surface area contributed by atoms with E-state index in [-0.39, 0.29) is 29.8 Å². The number of nitrogens with zero attached hydrogens (tertiary/aromatic N) is 3. The lowest BCUT2D eigenvalue weighted by molar-refractivity contribution is -0.119. The highest BCUT2D eigenvalue weighted by molar-refractivity contribution is 5.80. The fourth-order valence-corrected chi connectivity index (χ4v) is 5.86. The predicted octanol–water partition coefficient (Wildman–Crippen LogP) is 4.41. The molecule has 2 aromatic carbocycles. The first-order chi connectivity index (χ1) is 20.4. The summed E-state index contributed by atoms with van der Waals surface area (Å²) in [4.78, 5) is 40.7. The van der Waals surface area contributed by atoms with E-state index in [0.29, 0.717) is 55.1 Å². The summed E-state index contributed by atoms with van der Waals surface area (Å²) in [5.74, 6) is 1.32. The fourth-order valence-electron chi connectivity index (χ4n) is 5.86. The van der Waals surface area contributed by atoms with Crippen LogP contribution in [0.25, 0.3) is 10.9 Å². The molecule has 1 saturated heterocycles. The third-order valence-corrected chi connectivity index (χ3v) is 8.04. The number of fused-ring (bicyclic) bond motifs is 1. The molecule has 0 N–H and O–H groups in total. The summed E-state index contributed by atoms with van der Waals surface area (Å²) in [5, 5.41) is 0.201. The Morgan fingerprint density at radius 1 is 0.976 bits per heavy atom. The summed E-state index contributed by atoms with van der Waals surface area (Å²) in [6.45, 7) is 1.22. The molecule has 1 aromatic heterocycles. The van der Waals surface area contributed by atoms with Gasteiger partial charge in [0.1, 0.15) is 19.1 Å². The lowest BCUT2D eigenvalue weighted by atomic mass is 10.0. The van der Waals surface area contributed by atoms with Crippen LogP contribution in [0.3, 0.4) is 0 Å². The maximum absolute atomic E-state index is 14.0. The Morgan fingerprint density at radius 2 is 1.71 bits per heavy atom. The number of hydrogen-bond donors (Lipinski definition) is 0. The maximum atomic E-state index is 14.0. The summed E-state index contributed by atoms with van der Waals surface area (Å²) >= 11 is 0.